The molecule has 0 radical (unpaired) electrons. The van der Waals surface area contributed by atoms with Gasteiger partial charge in [0.2, 0.25) is 0 Å². The number of nitrogens with zero attached hydrogens (tertiary/aromatic N) is 2. The fraction of sp³-hybridized carbons (Fsp3) is 0.500. The Kier molecular flexibility index (Phi) is 6.18. The molecular formula is C20H30N4. The van der Waals surface area contributed by atoms with E-state index in [1.807, 2.05) is 13.0 Å². The molecule has 1 aromatic heterocycles. The van der Waals surface area contributed by atoms with E-state index in [9.17, 15) is 0 Å². The number of unbranched alkanes of at least 4 members (excludes halogenated alkanes) is 2. The van der Waals surface area contributed by atoms with Crippen LogP contribution in [0.2, 0.25) is 0 Å². The number of aryl methyl sites for hydroxylation is 1. The first-order valence-electron chi connectivity index (χ1n) is 8.85. The summed E-state index contributed by atoms with van der Waals surface area (Å²) >= 11 is 0. The molecule has 24 heavy (non-hydrogen) atoms. The Labute approximate surface area is 146 Å². The topological polar surface area (TPSA) is 49.8 Å². The standard InChI is InChI=1S/C20H30N4/c1-6-7-8-13-21-18-14-19(23-15(2)22-18)24-17-11-9-16(10-12-17)20(3,4)5/h9-12,14H,6-8,13H2,1-5H3,(H2,21,22,23,24). The fourth-order valence-electron chi connectivity index (χ4n) is 2.52. The predicted molar refractivity (Wildman–Crippen MR) is 103 cm³/mol. The number of aromatic nitrogens is 2. The molecule has 2 aromatic rings. The van der Waals surface area contributed by atoms with Gasteiger partial charge in [0.1, 0.15) is 17.5 Å². The lowest BCUT2D eigenvalue weighted by Crippen LogP contribution is -2.10. The lowest BCUT2D eigenvalue weighted by Gasteiger charge is -2.19. The average molecular weight is 326 g/mol. The van der Waals surface area contributed by atoms with E-state index in [0.717, 1.165) is 36.1 Å². The second kappa shape index (κ2) is 8.13. The number of anilines is 3. The van der Waals surface area contributed by atoms with Crippen LogP contribution in [0, 0.1) is 6.92 Å². The first kappa shape index (κ1) is 18.2. The summed E-state index contributed by atoms with van der Waals surface area (Å²) < 4.78 is 0. The predicted octanol–water partition coefficient (Wildman–Crippen LogP) is 5.43. The van der Waals surface area contributed by atoms with Crippen molar-refractivity contribution in [2.45, 2.75) is 59.3 Å². The lowest BCUT2D eigenvalue weighted by atomic mass is 9.87. The van der Waals surface area contributed by atoms with Crippen LogP contribution in [0.25, 0.3) is 0 Å². The van der Waals surface area contributed by atoms with Gasteiger partial charge in [0.05, 0.1) is 0 Å². The smallest absolute Gasteiger partial charge is 0.136 e. The van der Waals surface area contributed by atoms with Crippen molar-refractivity contribution in [1.29, 1.82) is 0 Å². The van der Waals surface area contributed by atoms with E-state index in [4.69, 9.17) is 0 Å². The molecule has 0 bridgehead atoms. The molecule has 4 nitrogen and oxygen atoms in total. The number of nitrogens with one attached hydrogen (secondary N) is 2. The van der Waals surface area contributed by atoms with Crippen LogP contribution in [-0.2, 0) is 5.41 Å². The Morgan fingerprint density at radius 1 is 0.958 bits per heavy atom. The number of hydrogen-bond acceptors (Lipinski definition) is 4. The van der Waals surface area contributed by atoms with Crippen molar-refractivity contribution in [3.63, 3.8) is 0 Å². The third-order valence-electron chi connectivity index (χ3n) is 3.95. The Hall–Kier alpha value is -2.10. The summed E-state index contributed by atoms with van der Waals surface area (Å²) in [6.45, 7) is 11.7. The summed E-state index contributed by atoms with van der Waals surface area (Å²) in [5, 5.41) is 6.76. The highest BCUT2D eigenvalue weighted by Gasteiger charge is 2.13. The fourth-order valence-corrected chi connectivity index (χ4v) is 2.52. The van der Waals surface area contributed by atoms with Crippen molar-refractivity contribution in [2.75, 3.05) is 17.2 Å². The molecule has 130 valence electrons. The molecule has 0 fully saturated rings. The zero-order valence-electron chi connectivity index (χ0n) is 15.6. The summed E-state index contributed by atoms with van der Waals surface area (Å²) in [6, 6.07) is 10.5. The summed E-state index contributed by atoms with van der Waals surface area (Å²) in [5.41, 5.74) is 2.53. The molecular weight excluding hydrogens is 296 g/mol. The van der Waals surface area contributed by atoms with Gasteiger partial charge in [0.15, 0.2) is 0 Å². The number of rotatable bonds is 7. The highest BCUT2D eigenvalue weighted by atomic mass is 15.1. The van der Waals surface area contributed by atoms with E-state index in [1.165, 1.54) is 18.4 Å². The Balaban J connectivity index is 2.05. The van der Waals surface area contributed by atoms with Crippen LogP contribution in [0.15, 0.2) is 30.3 Å². The second-order valence-corrected chi connectivity index (χ2v) is 7.27. The highest BCUT2D eigenvalue weighted by Crippen LogP contribution is 2.25. The molecule has 1 heterocycles. The summed E-state index contributed by atoms with van der Waals surface area (Å²) in [5.74, 6) is 2.47. The molecule has 0 unspecified atom stereocenters. The molecule has 0 saturated carbocycles. The van der Waals surface area contributed by atoms with Crippen molar-refractivity contribution >= 4 is 17.3 Å². The molecule has 0 aliphatic rings. The van der Waals surface area contributed by atoms with Crippen LogP contribution in [0.1, 0.15) is 58.3 Å². The second-order valence-electron chi connectivity index (χ2n) is 7.27. The third kappa shape index (κ3) is 5.52. The van der Waals surface area contributed by atoms with E-state index in [2.05, 4.69) is 72.6 Å². The molecule has 2 N–H and O–H groups in total. The van der Waals surface area contributed by atoms with Gasteiger partial charge in [-0.25, -0.2) is 9.97 Å². The van der Waals surface area contributed by atoms with Gasteiger partial charge in [-0.05, 0) is 36.5 Å². The van der Waals surface area contributed by atoms with Gasteiger partial charge in [-0.3, -0.25) is 0 Å². The van der Waals surface area contributed by atoms with Crippen molar-refractivity contribution in [3.05, 3.63) is 41.7 Å². The quantitative estimate of drug-likeness (QED) is 0.666. The van der Waals surface area contributed by atoms with E-state index in [-0.39, 0.29) is 5.41 Å². The van der Waals surface area contributed by atoms with E-state index >= 15 is 0 Å². The molecule has 0 aliphatic carbocycles. The zero-order valence-corrected chi connectivity index (χ0v) is 15.6. The van der Waals surface area contributed by atoms with Gasteiger partial charge >= 0.3 is 0 Å². The minimum Gasteiger partial charge on any atom is -0.370 e. The maximum absolute atomic E-state index is 4.48. The zero-order chi connectivity index (χ0) is 17.6. The maximum Gasteiger partial charge on any atom is 0.136 e. The molecule has 0 saturated heterocycles. The van der Waals surface area contributed by atoms with Crippen molar-refractivity contribution in [2.24, 2.45) is 0 Å². The Bertz CT molecular complexity index is 642. The van der Waals surface area contributed by atoms with E-state index in [1.54, 1.807) is 0 Å². The van der Waals surface area contributed by atoms with Crippen LogP contribution in [0.3, 0.4) is 0 Å². The Morgan fingerprint density at radius 3 is 2.25 bits per heavy atom. The highest BCUT2D eigenvalue weighted by molar-refractivity contribution is 5.59. The van der Waals surface area contributed by atoms with Gasteiger partial charge in [0, 0.05) is 18.3 Å². The molecule has 0 amide bonds. The van der Waals surface area contributed by atoms with Gasteiger partial charge in [-0.1, -0.05) is 52.7 Å². The van der Waals surface area contributed by atoms with Crippen LogP contribution in [0.5, 0.6) is 0 Å². The van der Waals surface area contributed by atoms with E-state index < -0.39 is 0 Å². The molecule has 2 rings (SSSR count). The largest absolute Gasteiger partial charge is 0.370 e. The summed E-state index contributed by atoms with van der Waals surface area (Å²) in [7, 11) is 0. The summed E-state index contributed by atoms with van der Waals surface area (Å²) in [6.07, 6.45) is 3.63. The van der Waals surface area contributed by atoms with Gasteiger partial charge in [-0.2, -0.15) is 0 Å². The van der Waals surface area contributed by atoms with Crippen molar-refractivity contribution in [1.82, 2.24) is 9.97 Å². The minimum absolute atomic E-state index is 0.166. The summed E-state index contributed by atoms with van der Waals surface area (Å²) in [4.78, 5) is 8.94. The van der Waals surface area contributed by atoms with Gasteiger partial charge < -0.3 is 10.6 Å². The van der Waals surface area contributed by atoms with Crippen molar-refractivity contribution < 1.29 is 0 Å². The van der Waals surface area contributed by atoms with Crippen LogP contribution >= 0.6 is 0 Å². The number of benzene rings is 1. The molecule has 4 heteroatoms. The van der Waals surface area contributed by atoms with Crippen molar-refractivity contribution in [3.8, 4) is 0 Å². The third-order valence-corrected chi connectivity index (χ3v) is 3.95. The SMILES string of the molecule is CCCCCNc1cc(Nc2ccc(C(C)(C)C)cc2)nc(C)n1. The van der Waals surface area contributed by atoms with Gasteiger partial charge in [-0.15, -0.1) is 0 Å². The van der Waals surface area contributed by atoms with Crippen LogP contribution < -0.4 is 10.6 Å². The maximum atomic E-state index is 4.48. The molecule has 0 atom stereocenters. The van der Waals surface area contributed by atoms with Crippen LogP contribution in [-0.4, -0.2) is 16.5 Å². The number of hydrogen-bond donors (Lipinski definition) is 2. The minimum atomic E-state index is 0.166. The Morgan fingerprint density at radius 2 is 1.62 bits per heavy atom. The first-order chi connectivity index (χ1) is 11.4. The van der Waals surface area contributed by atoms with Gasteiger partial charge in [0.25, 0.3) is 0 Å². The normalized spacial score (nSPS) is 11.4. The van der Waals surface area contributed by atoms with Crippen LogP contribution in [0.4, 0.5) is 17.3 Å². The van der Waals surface area contributed by atoms with E-state index in [0.29, 0.717) is 0 Å². The molecule has 0 spiro atoms. The lowest BCUT2D eigenvalue weighted by molar-refractivity contribution is 0.590. The molecule has 0 aliphatic heterocycles. The molecule has 1 aromatic carbocycles. The first-order valence-corrected chi connectivity index (χ1v) is 8.85. The average Bonchev–Trinajstić information content (AvgIpc) is 2.51. The monoisotopic (exact) mass is 326 g/mol.